The molecule has 2 rings (SSSR count). The standard InChI is InChI=1S/C12H18N2O2/c1-3-9-11(12(15)16-4-2)10-7-5-6-8-14(10)13-9/h3-8H2,1-2H3. The van der Waals surface area contributed by atoms with Crippen LogP contribution in [-0.4, -0.2) is 22.4 Å². The third kappa shape index (κ3) is 1.84. The molecule has 0 saturated carbocycles. The summed E-state index contributed by atoms with van der Waals surface area (Å²) in [5.74, 6) is -0.206. The molecule has 1 aromatic rings. The van der Waals surface area contributed by atoms with Gasteiger partial charge in [-0.25, -0.2) is 4.79 Å². The molecule has 0 saturated heterocycles. The molecule has 1 aliphatic heterocycles. The first-order valence-corrected chi connectivity index (χ1v) is 6.03. The molecular weight excluding hydrogens is 204 g/mol. The number of hydrogen-bond donors (Lipinski definition) is 0. The first kappa shape index (κ1) is 11.2. The van der Waals surface area contributed by atoms with Crippen molar-refractivity contribution < 1.29 is 9.53 Å². The van der Waals surface area contributed by atoms with Crippen molar-refractivity contribution in [1.29, 1.82) is 0 Å². The van der Waals surface area contributed by atoms with Gasteiger partial charge in [-0.05, 0) is 32.6 Å². The van der Waals surface area contributed by atoms with E-state index in [0.717, 1.165) is 49.2 Å². The van der Waals surface area contributed by atoms with Crippen molar-refractivity contribution in [1.82, 2.24) is 9.78 Å². The van der Waals surface area contributed by atoms with Gasteiger partial charge in [-0.15, -0.1) is 0 Å². The summed E-state index contributed by atoms with van der Waals surface area (Å²) in [6.45, 7) is 5.21. The fraction of sp³-hybridized carbons (Fsp3) is 0.667. The van der Waals surface area contributed by atoms with Gasteiger partial charge in [0.2, 0.25) is 0 Å². The number of hydrogen-bond acceptors (Lipinski definition) is 3. The lowest BCUT2D eigenvalue weighted by atomic mass is 10.0. The Morgan fingerprint density at radius 3 is 2.94 bits per heavy atom. The van der Waals surface area contributed by atoms with Gasteiger partial charge in [0.05, 0.1) is 18.0 Å². The monoisotopic (exact) mass is 222 g/mol. The van der Waals surface area contributed by atoms with E-state index in [0.29, 0.717) is 6.61 Å². The molecule has 1 aromatic heterocycles. The molecule has 1 aliphatic rings. The summed E-state index contributed by atoms with van der Waals surface area (Å²) in [5.41, 5.74) is 2.68. The van der Waals surface area contributed by atoms with Crippen molar-refractivity contribution in [2.24, 2.45) is 0 Å². The Bertz CT molecular complexity index is 396. The van der Waals surface area contributed by atoms with E-state index in [1.165, 1.54) is 0 Å². The minimum absolute atomic E-state index is 0.206. The number of esters is 1. The molecule has 16 heavy (non-hydrogen) atoms. The molecule has 0 radical (unpaired) electrons. The molecular formula is C12H18N2O2. The van der Waals surface area contributed by atoms with Crippen LogP contribution in [0.4, 0.5) is 0 Å². The number of fused-ring (bicyclic) bond motifs is 1. The summed E-state index contributed by atoms with van der Waals surface area (Å²) in [4.78, 5) is 11.9. The second kappa shape index (κ2) is 4.68. The van der Waals surface area contributed by atoms with E-state index < -0.39 is 0 Å². The smallest absolute Gasteiger partial charge is 0.341 e. The zero-order valence-corrected chi connectivity index (χ0v) is 9.95. The topological polar surface area (TPSA) is 44.1 Å². The van der Waals surface area contributed by atoms with Crippen molar-refractivity contribution in [3.05, 3.63) is 17.0 Å². The van der Waals surface area contributed by atoms with E-state index in [9.17, 15) is 4.79 Å². The van der Waals surface area contributed by atoms with E-state index in [-0.39, 0.29) is 5.97 Å². The largest absolute Gasteiger partial charge is 0.462 e. The van der Waals surface area contributed by atoms with Gasteiger partial charge < -0.3 is 4.74 Å². The lowest BCUT2D eigenvalue weighted by molar-refractivity contribution is 0.0523. The molecule has 0 unspecified atom stereocenters. The number of aromatic nitrogens is 2. The number of carbonyl (C=O) groups excluding carboxylic acids is 1. The zero-order valence-electron chi connectivity index (χ0n) is 9.95. The highest BCUT2D eigenvalue weighted by Gasteiger charge is 2.25. The molecule has 0 aliphatic carbocycles. The van der Waals surface area contributed by atoms with Gasteiger partial charge in [0.1, 0.15) is 5.56 Å². The molecule has 0 aromatic carbocycles. The Labute approximate surface area is 95.6 Å². The van der Waals surface area contributed by atoms with Crippen LogP contribution in [0.1, 0.15) is 48.4 Å². The molecule has 0 amide bonds. The molecule has 0 fully saturated rings. The number of nitrogens with zero attached hydrogens (tertiary/aromatic N) is 2. The Morgan fingerprint density at radius 1 is 1.44 bits per heavy atom. The highest BCUT2D eigenvalue weighted by molar-refractivity contribution is 5.92. The third-order valence-electron chi connectivity index (χ3n) is 2.98. The molecule has 0 bridgehead atoms. The van der Waals surface area contributed by atoms with Crippen molar-refractivity contribution in [2.45, 2.75) is 46.1 Å². The van der Waals surface area contributed by atoms with Gasteiger partial charge in [-0.3, -0.25) is 4.68 Å². The zero-order chi connectivity index (χ0) is 11.5. The van der Waals surface area contributed by atoms with E-state index in [2.05, 4.69) is 5.10 Å². The maximum atomic E-state index is 11.9. The van der Waals surface area contributed by atoms with Crippen molar-refractivity contribution >= 4 is 5.97 Å². The summed E-state index contributed by atoms with van der Waals surface area (Å²) < 4.78 is 7.08. The van der Waals surface area contributed by atoms with E-state index in [1.54, 1.807) is 0 Å². The van der Waals surface area contributed by atoms with E-state index in [4.69, 9.17) is 4.74 Å². The summed E-state index contributed by atoms with van der Waals surface area (Å²) in [6.07, 6.45) is 4.02. The van der Waals surface area contributed by atoms with Crippen LogP contribution in [0.5, 0.6) is 0 Å². The number of aryl methyl sites for hydroxylation is 2. The highest BCUT2D eigenvalue weighted by Crippen LogP contribution is 2.22. The Balaban J connectivity index is 2.40. The summed E-state index contributed by atoms with van der Waals surface area (Å²) in [7, 11) is 0. The van der Waals surface area contributed by atoms with Gasteiger partial charge in [0.25, 0.3) is 0 Å². The van der Waals surface area contributed by atoms with Crippen molar-refractivity contribution in [3.8, 4) is 0 Å². The summed E-state index contributed by atoms with van der Waals surface area (Å²) >= 11 is 0. The first-order valence-electron chi connectivity index (χ1n) is 6.03. The van der Waals surface area contributed by atoms with Gasteiger partial charge in [0, 0.05) is 6.54 Å². The van der Waals surface area contributed by atoms with E-state index in [1.807, 2.05) is 18.5 Å². The highest BCUT2D eigenvalue weighted by atomic mass is 16.5. The summed E-state index contributed by atoms with van der Waals surface area (Å²) in [6, 6.07) is 0. The molecule has 4 nitrogen and oxygen atoms in total. The van der Waals surface area contributed by atoms with Crippen LogP contribution in [0, 0.1) is 0 Å². The predicted molar refractivity (Wildman–Crippen MR) is 60.5 cm³/mol. The maximum absolute atomic E-state index is 11.9. The fourth-order valence-corrected chi connectivity index (χ4v) is 2.23. The third-order valence-corrected chi connectivity index (χ3v) is 2.98. The Kier molecular flexibility index (Phi) is 3.27. The fourth-order valence-electron chi connectivity index (χ4n) is 2.23. The van der Waals surface area contributed by atoms with Crippen molar-refractivity contribution in [2.75, 3.05) is 6.61 Å². The van der Waals surface area contributed by atoms with Crippen LogP contribution in [0.15, 0.2) is 0 Å². The molecule has 88 valence electrons. The van der Waals surface area contributed by atoms with Gasteiger partial charge >= 0.3 is 5.97 Å². The quantitative estimate of drug-likeness (QED) is 0.734. The SMILES string of the molecule is CCOC(=O)c1c(CC)nn2c1CCCC2. The lowest BCUT2D eigenvalue weighted by Crippen LogP contribution is -2.15. The average Bonchev–Trinajstić information content (AvgIpc) is 2.67. The average molecular weight is 222 g/mol. The molecule has 2 heterocycles. The molecule has 0 spiro atoms. The normalized spacial score (nSPS) is 14.6. The van der Waals surface area contributed by atoms with Crippen LogP contribution in [0.3, 0.4) is 0 Å². The minimum atomic E-state index is -0.206. The second-order valence-electron chi connectivity index (χ2n) is 4.02. The van der Waals surface area contributed by atoms with Crippen molar-refractivity contribution in [3.63, 3.8) is 0 Å². The minimum Gasteiger partial charge on any atom is -0.462 e. The Hall–Kier alpha value is -1.32. The molecule has 0 atom stereocenters. The van der Waals surface area contributed by atoms with Crippen LogP contribution in [0.2, 0.25) is 0 Å². The van der Waals surface area contributed by atoms with Crippen LogP contribution in [0.25, 0.3) is 0 Å². The van der Waals surface area contributed by atoms with Gasteiger partial charge in [0.15, 0.2) is 0 Å². The lowest BCUT2D eigenvalue weighted by Gasteiger charge is -2.13. The maximum Gasteiger partial charge on any atom is 0.341 e. The predicted octanol–water partition coefficient (Wildman–Crippen LogP) is 1.96. The van der Waals surface area contributed by atoms with Gasteiger partial charge in [-0.2, -0.15) is 5.10 Å². The first-order chi connectivity index (χ1) is 7.77. The van der Waals surface area contributed by atoms with Crippen LogP contribution >= 0.6 is 0 Å². The molecule has 4 heteroatoms. The number of rotatable bonds is 3. The number of carbonyl (C=O) groups is 1. The second-order valence-corrected chi connectivity index (χ2v) is 4.02. The van der Waals surface area contributed by atoms with Crippen LogP contribution < -0.4 is 0 Å². The Morgan fingerprint density at radius 2 is 2.25 bits per heavy atom. The van der Waals surface area contributed by atoms with Crippen LogP contribution in [-0.2, 0) is 24.1 Å². The molecule has 0 N–H and O–H groups in total. The summed E-state index contributed by atoms with van der Waals surface area (Å²) in [5, 5.41) is 4.49. The number of ether oxygens (including phenoxy) is 1. The van der Waals surface area contributed by atoms with E-state index >= 15 is 0 Å². The van der Waals surface area contributed by atoms with Gasteiger partial charge in [-0.1, -0.05) is 6.92 Å².